The Morgan fingerprint density at radius 3 is 2.83 bits per heavy atom. The summed E-state index contributed by atoms with van der Waals surface area (Å²) in [6.07, 6.45) is 1.24. The van der Waals surface area contributed by atoms with Gasteiger partial charge >= 0.3 is 0 Å². The number of benzene rings is 1. The van der Waals surface area contributed by atoms with Crippen LogP contribution in [0.1, 0.15) is 19.4 Å². The van der Waals surface area contributed by atoms with E-state index in [-0.39, 0.29) is 6.10 Å². The van der Waals surface area contributed by atoms with Gasteiger partial charge in [-0.1, -0.05) is 44.2 Å². The van der Waals surface area contributed by atoms with Crippen LogP contribution in [0.25, 0.3) is 0 Å². The van der Waals surface area contributed by atoms with Crippen LogP contribution in [0.5, 0.6) is 0 Å². The summed E-state index contributed by atoms with van der Waals surface area (Å²) in [5.74, 6) is 0.734. The van der Waals surface area contributed by atoms with Gasteiger partial charge in [-0.15, -0.1) is 0 Å². The Bertz CT molecular complexity index is 467. The summed E-state index contributed by atoms with van der Waals surface area (Å²) >= 11 is 5.35. The standard InChI is InChI=1S/C18H29N3OS/c1-15(2)13-21-10-11-22-17(14-21)12-20-18(23)19-9-8-16-6-4-3-5-7-16/h3-7,15,17H,8-14H2,1-2H3,(H2,19,20,23)/p+1/t17-/m1/s1. The predicted octanol–water partition coefficient (Wildman–Crippen LogP) is 0.633. The first kappa shape index (κ1) is 18.2. The number of nitrogens with one attached hydrogen (secondary N) is 3. The highest BCUT2D eigenvalue weighted by Crippen LogP contribution is 1.98. The smallest absolute Gasteiger partial charge is 0.166 e. The highest BCUT2D eigenvalue weighted by molar-refractivity contribution is 7.80. The molecule has 4 nitrogen and oxygen atoms in total. The lowest BCUT2D eigenvalue weighted by molar-refractivity contribution is -0.914. The molecule has 0 spiro atoms. The van der Waals surface area contributed by atoms with Crippen molar-refractivity contribution in [3.8, 4) is 0 Å². The monoisotopic (exact) mass is 336 g/mol. The Labute approximate surface area is 145 Å². The summed E-state index contributed by atoms with van der Waals surface area (Å²) < 4.78 is 5.84. The van der Waals surface area contributed by atoms with E-state index in [9.17, 15) is 0 Å². The van der Waals surface area contributed by atoms with E-state index in [2.05, 4.69) is 48.7 Å². The van der Waals surface area contributed by atoms with Crippen LogP contribution >= 0.6 is 12.2 Å². The minimum Gasteiger partial charge on any atom is -0.365 e. The maximum atomic E-state index is 5.84. The second-order valence-electron chi connectivity index (χ2n) is 6.67. The van der Waals surface area contributed by atoms with E-state index in [0.717, 1.165) is 50.2 Å². The number of morpholine rings is 1. The second-order valence-corrected chi connectivity index (χ2v) is 7.08. The SMILES string of the molecule is CC(C)C[NH+]1CCO[C@H](CNC(=S)NCCc2ccccc2)C1. The van der Waals surface area contributed by atoms with Crippen molar-refractivity contribution in [1.29, 1.82) is 0 Å². The summed E-state index contributed by atoms with van der Waals surface area (Å²) in [7, 11) is 0. The molecule has 0 aliphatic carbocycles. The van der Waals surface area contributed by atoms with Gasteiger partial charge in [0.05, 0.1) is 13.2 Å². The van der Waals surface area contributed by atoms with Gasteiger partial charge in [-0.3, -0.25) is 0 Å². The molecular weight excluding hydrogens is 306 g/mol. The quantitative estimate of drug-likeness (QED) is 0.639. The van der Waals surface area contributed by atoms with Crippen molar-refractivity contribution >= 4 is 17.3 Å². The lowest BCUT2D eigenvalue weighted by atomic mass is 10.1. The Hall–Kier alpha value is -1.17. The number of hydrogen-bond acceptors (Lipinski definition) is 2. The van der Waals surface area contributed by atoms with Crippen LogP contribution in [0.15, 0.2) is 30.3 Å². The normalized spacial score (nSPS) is 21.2. The van der Waals surface area contributed by atoms with Gasteiger partial charge in [0.25, 0.3) is 0 Å². The highest BCUT2D eigenvalue weighted by Gasteiger charge is 2.24. The molecule has 1 fully saturated rings. The van der Waals surface area contributed by atoms with E-state index >= 15 is 0 Å². The third-order valence-corrected chi connectivity index (χ3v) is 4.34. The fourth-order valence-corrected chi connectivity index (χ4v) is 3.17. The molecule has 1 aliphatic heterocycles. The van der Waals surface area contributed by atoms with Gasteiger partial charge in [-0.05, 0) is 24.2 Å². The molecular formula is C18H30N3OS+. The van der Waals surface area contributed by atoms with E-state index < -0.39 is 0 Å². The Balaban J connectivity index is 1.60. The highest BCUT2D eigenvalue weighted by atomic mass is 32.1. The average molecular weight is 337 g/mol. The molecule has 2 atom stereocenters. The van der Waals surface area contributed by atoms with Crippen LogP contribution in [-0.4, -0.2) is 50.5 Å². The van der Waals surface area contributed by atoms with E-state index in [0.29, 0.717) is 0 Å². The van der Waals surface area contributed by atoms with E-state index in [1.165, 1.54) is 12.1 Å². The Kier molecular flexibility index (Phi) is 7.79. The molecule has 1 aromatic carbocycles. The average Bonchev–Trinajstić information content (AvgIpc) is 2.54. The number of rotatable bonds is 7. The predicted molar refractivity (Wildman–Crippen MR) is 98.9 cm³/mol. The molecule has 5 heteroatoms. The van der Waals surface area contributed by atoms with Crippen LogP contribution in [0, 0.1) is 5.92 Å². The second kappa shape index (κ2) is 9.85. The summed E-state index contributed by atoms with van der Waals surface area (Å²) in [4.78, 5) is 1.64. The lowest BCUT2D eigenvalue weighted by Gasteiger charge is -2.31. The molecule has 0 saturated carbocycles. The molecule has 0 amide bonds. The number of ether oxygens (including phenoxy) is 1. The van der Waals surface area contributed by atoms with Crippen molar-refractivity contribution in [3.05, 3.63) is 35.9 Å². The van der Waals surface area contributed by atoms with Gasteiger partial charge in [-0.2, -0.15) is 0 Å². The van der Waals surface area contributed by atoms with E-state index in [1.54, 1.807) is 4.90 Å². The zero-order valence-corrected chi connectivity index (χ0v) is 15.1. The number of quaternary nitrogens is 1. The Morgan fingerprint density at radius 2 is 2.09 bits per heavy atom. The summed E-state index contributed by atoms with van der Waals surface area (Å²) in [5.41, 5.74) is 1.33. The molecule has 1 aromatic rings. The topological polar surface area (TPSA) is 37.7 Å². The van der Waals surface area contributed by atoms with Gasteiger partial charge < -0.3 is 20.3 Å². The van der Waals surface area contributed by atoms with Crippen LogP contribution in [0.3, 0.4) is 0 Å². The first-order chi connectivity index (χ1) is 11.1. The minimum absolute atomic E-state index is 0.256. The lowest BCUT2D eigenvalue weighted by Crippen LogP contribution is -3.15. The van der Waals surface area contributed by atoms with Crippen molar-refractivity contribution in [1.82, 2.24) is 10.6 Å². The third kappa shape index (κ3) is 7.29. The molecule has 0 radical (unpaired) electrons. The summed E-state index contributed by atoms with van der Waals surface area (Å²) in [6.45, 7) is 10.5. The van der Waals surface area contributed by atoms with Crippen molar-refractivity contribution in [2.24, 2.45) is 5.92 Å². The number of hydrogen-bond donors (Lipinski definition) is 3. The van der Waals surface area contributed by atoms with Crippen LogP contribution in [0.2, 0.25) is 0 Å². The van der Waals surface area contributed by atoms with E-state index in [1.807, 2.05) is 6.07 Å². The van der Waals surface area contributed by atoms with Crippen molar-refractivity contribution < 1.29 is 9.64 Å². The van der Waals surface area contributed by atoms with Gasteiger partial charge in [0.2, 0.25) is 0 Å². The van der Waals surface area contributed by atoms with E-state index in [4.69, 9.17) is 17.0 Å². The third-order valence-electron chi connectivity index (χ3n) is 4.05. The maximum Gasteiger partial charge on any atom is 0.166 e. The molecule has 0 aromatic heterocycles. The van der Waals surface area contributed by atoms with Gasteiger partial charge in [0.1, 0.15) is 19.2 Å². The van der Waals surface area contributed by atoms with Crippen molar-refractivity contribution in [2.75, 3.05) is 39.3 Å². The zero-order chi connectivity index (χ0) is 16.5. The fraction of sp³-hybridized carbons (Fsp3) is 0.611. The maximum absolute atomic E-state index is 5.84. The Morgan fingerprint density at radius 1 is 1.30 bits per heavy atom. The summed E-state index contributed by atoms with van der Waals surface area (Å²) in [5, 5.41) is 7.29. The molecule has 1 aliphatic rings. The van der Waals surface area contributed by atoms with Crippen molar-refractivity contribution in [3.63, 3.8) is 0 Å². The minimum atomic E-state index is 0.256. The molecule has 1 saturated heterocycles. The van der Waals surface area contributed by atoms with Gasteiger partial charge in [0.15, 0.2) is 5.11 Å². The largest absolute Gasteiger partial charge is 0.365 e. The fourth-order valence-electron chi connectivity index (χ4n) is 2.98. The molecule has 0 bridgehead atoms. The van der Waals surface area contributed by atoms with Crippen molar-refractivity contribution in [2.45, 2.75) is 26.4 Å². The van der Waals surface area contributed by atoms with Gasteiger partial charge in [0, 0.05) is 19.0 Å². The molecule has 2 rings (SSSR count). The number of thiocarbonyl (C=S) groups is 1. The van der Waals surface area contributed by atoms with Crippen LogP contribution in [-0.2, 0) is 11.2 Å². The molecule has 1 heterocycles. The van der Waals surface area contributed by atoms with Gasteiger partial charge in [-0.25, -0.2) is 0 Å². The van der Waals surface area contributed by atoms with Crippen LogP contribution in [0.4, 0.5) is 0 Å². The molecule has 23 heavy (non-hydrogen) atoms. The van der Waals surface area contributed by atoms with Crippen LogP contribution < -0.4 is 15.5 Å². The zero-order valence-electron chi connectivity index (χ0n) is 14.3. The first-order valence-electron chi connectivity index (χ1n) is 8.64. The molecule has 1 unspecified atom stereocenters. The molecule has 128 valence electrons. The molecule has 3 N–H and O–H groups in total. The first-order valence-corrected chi connectivity index (χ1v) is 9.05. The summed E-state index contributed by atoms with van der Waals surface area (Å²) in [6, 6.07) is 10.5.